The van der Waals surface area contributed by atoms with Crippen LogP contribution in [-0.4, -0.2) is 36.3 Å². The van der Waals surface area contributed by atoms with E-state index in [1.54, 1.807) is 11.3 Å². The van der Waals surface area contributed by atoms with Crippen molar-refractivity contribution in [1.29, 1.82) is 0 Å². The van der Waals surface area contributed by atoms with Crippen LogP contribution in [0, 0.1) is 11.8 Å². The van der Waals surface area contributed by atoms with E-state index in [0.29, 0.717) is 59.2 Å². The summed E-state index contributed by atoms with van der Waals surface area (Å²) in [6.07, 6.45) is 2.08. The van der Waals surface area contributed by atoms with Crippen molar-refractivity contribution in [3.05, 3.63) is 175 Å². The van der Waals surface area contributed by atoms with Crippen LogP contribution in [0.25, 0.3) is 32.8 Å². The van der Waals surface area contributed by atoms with E-state index in [0.717, 1.165) is 29.7 Å². The van der Waals surface area contributed by atoms with Gasteiger partial charge in [0, 0.05) is 63.9 Å². The molecule has 11 rings (SSSR count). The van der Waals surface area contributed by atoms with E-state index >= 15 is 0 Å². The molecule has 0 unspecified atom stereocenters. The lowest BCUT2D eigenvalue weighted by molar-refractivity contribution is 0.590. The van der Waals surface area contributed by atoms with Crippen LogP contribution in [-0.2, 0) is 23.7 Å². The van der Waals surface area contributed by atoms with Gasteiger partial charge in [0.25, 0.3) is 0 Å². The van der Waals surface area contributed by atoms with Crippen molar-refractivity contribution in [2.75, 3.05) is 0 Å². The van der Waals surface area contributed by atoms with E-state index in [-0.39, 0.29) is 10.8 Å². The first-order chi connectivity index (χ1) is 41.1. The molecule has 4 aromatic heterocycles. The molecular weight excluding hydrogens is 1090 g/mol. The molecule has 3 N–H and O–H groups in total. The highest BCUT2D eigenvalue weighted by molar-refractivity contribution is 7.09. The van der Waals surface area contributed by atoms with Gasteiger partial charge in [-0.25, -0.2) is 9.97 Å². The summed E-state index contributed by atoms with van der Waals surface area (Å²) in [5, 5.41) is 6.07. The maximum atomic E-state index is 4.74. The number of aromatic nitrogens is 5. The van der Waals surface area contributed by atoms with Gasteiger partial charge in [-0.3, -0.25) is 9.98 Å². The van der Waals surface area contributed by atoms with Crippen molar-refractivity contribution >= 4 is 67.0 Å². The SMILES string of the molecule is CC(C)C1=Nc2cc(C(C)(C)C)ccc2C1.CC(C)C1=Nc2cc(C(C)(C)C)ccc2C1.CC(C)c1ccc2cc(C(C)C)[nH]c2c1.CC(C)c1ccc2cc(C(C)C)[nH]c2c1.CC(C)c1ccc2nc(C(C)C)[nH]c2c1.CC(C)c1csc(C(C)C)n1. The number of nitrogens with zero attached hydrogens (tertiary/aromatic N) is 4. The topological polar surface area (TPSA) is 97.9 Å². The van der Waals surface area contributed by atoms with Gasteiger partial charge in [-0.15, -0.1) is 11.3 Å². The molecule has 7 nitrogen and oxygen atoms in total. The van der Waals surface area contributed by atoms with Crippen LogP contribution in [0.15, 0.2) is 118 Å². The number of hydrogen-bond acceptors (Lipinski definition) is 5. The summed E-state index contributed by atoms with van der Waals surface area (Å²) >= 11 is 1.77. The monoisotopic (exact) mass is 1200 g/mol. The highest BCUT2D eigenvalue weighted by Crippen LogP contribution is 2.36. The van der Waals surface area contributed by atoms with Crippen molar-refractivity contribution in [3.8, 4) is 0 Å². The van der Waals surface area contributed by atoms with Gasteiger partial charge in [0.15, 0.2) is 0 Å². The molecule has 8 heteroatoms. The zero-order chi connectivity index (χ0) is 65.3. The molecule has 5 aromatic carbocycles. The number of H-pyrrole nitrogens is 3. The Morgan fingerprint density at radius 1 is 0.375 bits per heavy atom. The first-order valence-electron chi connectivity index (χ1n) is 33.2. The van der Waals surface area contributed by atoms with Gasteiger partial charge in [-0.05, 0) is 156 Å². The molecule has 88 heavy (non-hydrogen) atoms. The first kappa shape index (κ1) is 70.7. The fraction of sp³-hybridized carbons (Fsp3) is 0.500. The predicted octanol–water partition coefficient (Wildman–Crippen LogP) is 24.6. The van der Waals surface area contributed by atoms with E-state index in [4.69, 9.17) is 9.98 Å². The van der Waals surface area contributed by atoms with Crippen molar-refractivity contribution in [2.45, 2.75) is 251 Å². The summed E-state index contributed by atoms with van der Waals surface area (Å²) in [5.74, 6) is 6.70. The molecule has 0 saturated heterocycles. The Labute approximate surface area is 537 Å². The fourth-order valence-electron chi connectivity index (χ4n) is 10.2. The molecule has 9 aromatic rings. The van der Waals surface area contributed by atoms with E-state index in [2.05, 4.69) is 313 Å². The Morgan fingerprint density at radius 2 is 0.784 bits per heavy atom. The van der Waals surface area contributed by atoms with E-state index in [1.165, 1.54) is 106 Å². The average Bonchev–Trinajstić information content (AvgIpc) is 2.09. The quantitative estimate of drug-likeness (QED) is 0.127. The van der Waals surface area contributed by atoms with Crippen LogP contribution in [0.4, 0.5) is 11.4 Å². The van der Waals surface area contributed by atoms with Crippen LogP contribution >= 0.6 is 11.3 Å². The number of hydrogen-bond donors (Lipinski definition) is 3. The third-order valence-electron chi connectivity index (χ3n) is 16.8. The summed E-state index contributed by atoms with van der Waals surface area (Å²) in [6.45, 7) is 57.6. The van der Waals surface area contributed by atoms with Crippen molar-refractivity contribution in [1.82, 2.24) is 24.9 Å². The predicted molar refractivity (Wildman–Crippen MR) is 389 cm³/mol. The molecule has 0 amide bonds. The van der Waals surface area contributed by atoms with Crippen molar-refractivity contribution in [3.63, 3.8) is 0 Å². The second kappa shape index (κ2) is 30.4. The Morgan fingerprint density at radius 3 is 1.11 bits per heavy atom. The number of thiazole rings is 1. The Kier molecular flexibility index (Phi) is 24.4. The molecule has 6 heterocycles. The van der Waals surface area contributed by atoms with Crippen LogP contribution in [0.5, 0.6) is 0 Å². The fourth-order valence-corrected chi connectivity index (χ4v) is 11.2. The zero-order valence-corrected chi connectivity index (χ0v) is 60.1. The molecular formula is C80H113N7S. The van der Waals surface area contributed by atoms with Crippen LogP contribution in [0.2, 0.25) is 0 Å². The summed E-state index contributed by atoms with van der Waals surface area (Å²) < 4.78 is 0. The van der Waals surface area contributed by atoms with Crippen LogP contribution in [0.1, 0.15) is 294 Å². The second-order valence-electron chi connectivity index (χ2n) is 29.9. The number of imidazole rings is 1. The number of aliphatic imine (C=N–C) groups is 2. The third kappa shape index (κ3) is 19.3. The summed E-state index contributed by atoms with van der Waals surface area (Å²) in [4.78, 5) is 28.9. The molecule has 2 aliphatic rings. The van der Waals surface area contributed by atoms with E-state index in [9.17, 15) is 0 Å². The maximum absolute atomic E-state index is 4.74. The van der Waals surface area contributed by atoms with Gasteiger partial charge >= 0.3 is 0 Å². The van der Waals surface area contributed by atoms with Crippen LogP contribution < -0.4 is 0 Å². The van der Waals surface area contributed by atoms with Gasteiger partial charge in [-0.1, -0.05) is 235 Å². The second-order valence-corrected chi connectivity index (χ2v) is 30.8. The highest BCUT2D eigenvalue weighted by atomic mass is 32.1. The first-order valence-corrected chi connectivity index (χ1v) is 34.1. The Hall–Kier alpha value is -6.38. The van der Waals surface area contributed by atoms with E-state index < -0.39 is 0 Å². The summed E-state index contributed by atoms with van der Waals surface area (Å²) in [5.41, 5.74) is 23.8. The van der Waals surface area contributed by atoms with Gasteiger partial charge in [0.05, 0.1) is 33.1 Å². The maximum Gasteiger partial charge on any atom is 0.109 e. The zero-order valence-electron chi connectivity index (χ0n) is 59.3. The average molecular weight is 1200 g/mol. The minimum Gasteiger partial charge on any atom is -0.358 e. The molecule has 0 radical (unpaired) electrons. The van der Waals surface area contributed by atoms with Gasteiger partial charge in [0.1, 0.15) is 5.82 Å². The lowest BCUT2D eigenvalue weighted by Gasteiger charge is -2.19. The van der Waals surface area contributed by atoms with Gasteiger partial charge < -0.3 is 15.0 Å². The number of rotatable bonds is 10. The van der Waals surface area contributed by atoms with Gasteiger partial charge in [0.2, 0.25) is 0 Å². The Bertz CT molecular complexity index is 3410. The number of aromatic amines is 3. The number of fused-ring (bicyclic) bond motifs is 5. The molecule has 0 fully saturated rings. The highest BCUT2D eigenvalue weighted by Gasteiger charge is 2.23. The van der Waals surface area contributed by atoms with E-state index in [1.807, 2.05) is 0 Å². The van der Waals surface area contributed by atoms with Crippen LogP contribution in [0.3, 0.4) is 0 Å². The summed E-state index contributed by atoms with van der Waals surface area (Å²) in [7, 11) is 0. The molecule has 0 atom stereocenters. The largest absolute Gasteiger partial charge is 0.358 e. The molecule has 474 valence electrons. The third-order valence-corrected chi connectivity index (χ3v) is 17.9. The lowest BCUT2D eigenvalue weighted by Crippen LogP contribution is -2.10. The summed E-state index contributed by atoms with van der Waals surface area (Å²) in [6, 6.07) is 37.9. The molecule has 0 bridgehead atoms. The van der Waals surface area contributed by atoms with Gasteiger partial charge in [-0.2, -0.15) is 0 Å². The normalized spacial score (nSPS) is 13.0. The molecule has 0 aliphatic carbocycles. The van der Waals surface area contributed by atoms with Crippen molar-refractivity contribution in [2.24, 2.45) is 21.8 Å². The minimum atomic E-state index is 0.213. The number of nitrogens with one attached hydrogen (secondary N) is 3. The molecule has 2 aliphatic heterocycles. The Balaban J connectivity index is 0.000000169. The minimum absolute atomic E-state index is 0.213. The smallest absolute Gasteiger partial charge is 0.109 e. The molecule has 0 saturated carbocycles. The molecule has 0 spiro atoms. The number of benzene rings is 5. The van der Waals surface area contributed by atoms with Crippen molar-refractivity contribution < 1.29 is 0 Å². The standard InChI is InChI=1S/2C15H21N.2C14H19N.C13H18N2.C9H15NS/c2*1-10(2)13-8-11-6-7-12(15(3,4)5)9-14(11)16-13;2*1-9(2)11-5-6-12-8-13(10(3)4)15-14(12)7-11;1-8(2)10-5-6-11-12(7-10)15-13(14-11)9(3)4;1-6(2)8-5-11-9(10-8)7(3)4/h2*6-7,9-10H,8H2,1-5H3;2*5-10,15H,1-4H3;5-9H,1-4H3,(H,14,15);5-7H,1-4H3. The lowest BCUT2D eigenvalue weighted by atomic mass is 9.86.